The molecule has 0 aromatic rings. The zero-order valence-corrected chi connectivity index (χ0v) is 13.1. The topological polar surface area (TPSA) is 52.6 Å². The van der Waals surface area contributed by atoms with E-state index in [2.05, 4.69) is 0 Å². The van der Waals surface area contributed by atoms with Crippen LogP contribution in [0.15, 0.2) is 21.3 Å². The molecule has 1 heterocycles. The Kier molecular flexibility index (Phi) is 5.25. The van der Waals surface area contributed by atoms with Crippen molar-refractivity contribution in [1.29, 1.82) is 0 Å². The first-order chi connectivity index (χ1) is 8.35. The van der Waals surface area contributed by atoms with Gasteiger partial charge in [-0.15, -0.1) is 0 Å². The van der Waals surface area contributed by atoms with Gasteiger partial charge in [0.1, 0.15) is 5.60 Å². The van der Waals surface area contributed by atoms with E-state index in [-0.39, 0.29) is 32.9 Å². The summed E-state index contributed by atoms with van der Waals surface area (Å²) in [6, 6.07) is 0. The van der Waals surface area contributed by atoms with Gasteiger partial charge in [-0.05, 0) is 41.9 Å². The molecule has 0 amide bonds. The predicted octanol–water partition coefficient (Wildman–Crippen LogP) is 2.49. The van der Waals surface area contributed by atoms with E-state index in [1.807, 2.05) is 4.08 Å². The highest BCUT2D eigenvalue weighted by Crippen LogP contribution is 2.21. The highest BCUT2D eigenvalue weighted by molar-refractivity contribution is 14.2. The van der Waals surface area contributed by atoms with E-state index in [1.165, 1.54) is 0 Å². The molecule has 0 fully saturated rings. The Balaban J connectivity index is 3.01. The average molecular weight is 364 g/mol. The highest BCUT2D eigenvalue weighted by atomic mass is 127. The van der Waals surface area contributed by atoms with E-state index < -0.39 is 17.5 Å². The summed E-state index contributed by atoms with van der Waals surface area (Å²) < 4.78 is 13.9. The Labute approximate surface area is 117 Å². The van der Waals surface area contributed by atoms with Crippen molar-refractivity contribution in [2.24, 2.45) is 0 Å². The van der Waals surface area contributed by atoms with Crippen molar-refractivity contribution in [3.05, 3.63) is 21.3 Å². The molecule has 0 bridgehead atoms. The minimum atomic E-state index is -0.572. The summed E-state index contributed by atoms with van der Waals surface area (Å²) in [6.07, 6.45) is 1.66. The Hall–Kier alpha value is -0.980. The van der Waals surface area contributed by atoms with Gasteiger partial charge in [-0.1, -0.05) is 20.7 Å². The van der Waals surface area contributed by atoms with Gasteiger partial charge in [0.2, 0.25) is 0 Å². The summed E-state index contributed by atoms with van der Waals surface area (Å²) in [5.74, 6) is -0.941. The van der Waals surface area contributed by atoms with E-state index >= 15 is 0 Å². The average Bonchev–Trinajstić information content (AvgIpc) is 2.27. The van der Waals surface area contributed by atoms with Gasteiger partial charge in [0.05, 0.1) is 17.8 Å². The number of halogens is 1. The van der Waals surface area contributed by atoms with Crippen LogP contribution in [0.1, 0.15) is 27.7 Å². The standard InChI is InChI=1S/C13H17IO4/c1-5-17-11(15)9-6-7-14-8-10(9)12(16)18-13(2,3)4/h6-8H,5H2,1-4H3. The SMILES string of the molecule is CCOC(=O)C1=C(C(=O)OC(C)(C)C)C=IC=C1. The lowest BCUT2D eigenvalue weighted by atomic mass is 10.1. The third-order valence-corrected chi connectivity index (χ3v) is 3.64. The van der Waals surface area contributed by atoms with Gasteiger partial charge in [0.15, 0.2) is 0 Å². The molecule has 4 nitrogen and oxygen atoms in total. The molecule has 0 saturated heterocycles. The molecule has 0 unspecified atom stereocenters. The van der Waals surface area contributed by atoms with Crippen LogP contribution in [0, 0.1) is 0 Å². The molecular formula is C13H17IO4. The zero-order chi connectivity index (χ0) is 13.8. The van der Waals surface area contributed by atoms with Crippen molar-refractivity contribution < 1.29 is 19.1 Å². The predicted molar refractivity (Wildman–Crippen MR) is 78.7 cm³/mol. The fourth-order valence-corrected chi connectivity index (χ4v) is 2.95. The molecule has 0 aromatic carbocycles. The summed E-state index contributed by atoms with van der Waals surface area (Å²) in [5, 5.41) is 0. The second-order valence-electron chi connectivity index (χ2n) is 4.58. The molecule has 0 aromatic heterocycles. The van der Waals surface area contributed by atoms with Crippen LogP contribution in [0.2, 0.25) is 0 Å². The minimum absolute atomic E-state index is 0.285. The van der Waals surface area contributed by atoms with E-state index in [0.29, 0.717) is 5.57 Å². The molecule has 18 heavy (non-hydrogen) atoms. The van der Waals surface area contributed by atoms with Crippen molar-refractivity contribution in [2.75, 3.05) is 6.61 Å². The molecule has 1 aliphatic rings. The number of hydrogen-bond donors (Lipinski definition) is 0. The lowest BCUT2D eigenvalue weighted by molar-refractivity contribution is -0.150. The van der Waals surface area contributed by atoms with Gasteiger partial charge >= 0.3 is 11.9 Å². The molecule has 0 atom stereocenters. The van der Waals surface area contributed by atoms with Gasteiger partial charge in [0.25, 0.3) is 0 Å². The van der Waals surface area contributed by atoms with E-state index in [0.717, 1.165) is 0 Å². The van der Waals surface area contributed by atoms with E-state index in [1.54, 1.807) is 37.8 Å². The monoisotopic (exact) mass is 364 g/mol. The van der Waals surface area contributed by atoms with Crippen LogP contribution in [0.4, 0.5) is 0 Å². The van der Waals surface area contributed by atoms with Gasteiger partial charge in [-0.3, -0.25) is 0 Å². The Bertz CT molecular complexity index is 438. The normalized spacial score (nSPS) is 15.1. The third kappa shape index (κ3) is 4.36. The van der Waals surface area contributed by atoms with Crippen molar-refractivity contribution in [3.63, 3.8) is 0 Å². The molecule has 0 N–H and O–H groups in total. The summed E-state index contributed by atoms with van der Waals surface area (Å²) >= 11 is -0.336. The fourth-order valence-electron chi connectivity index (χ4n) is 1.22. The van der Waals surface area contributed by atoms with Crippen LogP contribution in [0.5, 0.6) is 0 Å². The van der Waals surface area contributed by atoms with E-state index in [9.17, 15) is 9.59 Å². The van der Waals surface area contributed by atoms with Gasteiger partial charge in [0, 0.05) is 0 Å². The summed E-state index contributed by atoms with van der Waals surface area (Å²) in [7, 11) is 0. The molecule has 5 heteroatoms. The van der Waals surface area contributed by atoms with Crippen LogP contribution in [-0.4, -0.2) is 28.2 Å². The lowest BCUT2D eigenvalue weighted by Gasteiger charge is -2.20. The Morgan fingerprint density at radius 1 is 1.22 bits per heavy atom. The molecule has 0 aliphatic carbocycles. The molecule has 100 valence electrons. The van der Waals surface area contributed by atoms with Crippen LogP contribution in [0.3, 0.4) is 0 Å². The number of hydrogen-bond acceptors (Lipinski definition) is 4. The highest BCUT2D eigenvalue weighted by Gasteiger charge is 2.24. The molecule has 1 rings (SSSR count). The molecule has 0 radical (unpaired) electrons. The number of carbonyl (C=O) groups excluding carboxylic acids is 2. The van der Waals surface area contributed by atoms with Crippen LogP contribution in [0.25, 0.3) is 0 Å². The Morgan fingerprint density at radius 2 is 1.89 bits per heavy atom. The molecule has 0 spiro atoms. The van der Waals surface area contributed by atoms with Crippen molar-refractivity contribution in [1.82, 2.24) is 0 Å². The second-order valence-corrected chi connectivity index (χ2v) is 6.64. The smallest absolute Gasteiger partial charge is 0.339 e. The fraction of sp³-hybridized carbons (Fsp3) is 0.462. The first-order valence-electron chi connectivity index (χ1n) is 5.61. The van der Waals surface area contributed by atoms with Crippen LogP contribution < -0.4 is 0 Å². The van der Waals surface area contributed by atoms with Gasteiger partial charge in [-0.25, -0.2) is 9.59 Å². The molecule has 0 saturated carbocycles. The summed E-state index contributed by atoms with van der Waals surface area (Å²) in [5.41, 5.74) is 0.0488. The summed E-state index contributed by atoms with van der Waals surface area (Å²) in [4.78, 5) is 23.7. The number of carbonyl (C=O) groups is 2. The molecule has 1 aliphatic heterocycles. The van der Waals surface area contributed by atoms with Crippen molar-refractivity contribution in [2.45, 2.75) is 33.3 Å². The largest absolute Gasteiger partial charge is 0.462 e. The maximum Gasteiger partial charge on any atom is 0.339 e. The quantitative estimate of drug-likeness (QED) is 0.571. The first kappa shape index (κ1) is 15.1. The first-order valence-corrected chi connectivity index (χ1v) is 8.10. The summed E-state index contributed by atoms with van der Waals surface area (Å²) in [6.45, 7) is 7.40. The van der Waals surface area contributed by atoms with Crippen LogP contribution in [-0.2, 0) is 19.1 Å². The van der Waals surface area contributed by atoms with Gasteiger partial charge in [-0.2, -0.15) is 0 Å². The number of esters is 2. The Morgan fingerprint density at radius 3 is 2.44 bits per heavy atom. The minimum Gasteiger partial charge on any atom is -0.462 e. The molecular weight excluding hydrogens is 347 g/mol. The van der Waals surface area contributed by atoms with Crippen molar-refractivity contribution >= 4 is 36.7 Å². The van der Waals surface area contributed by atoms with Gasteiger partial charge < -0.3 is 9.47 Å². The number of rotatable bonds is 3. The lowest BCUT2D eigenvalue weighted by Crippen LogP contribution is -2.27. The van der Waals surface area contributed by atoms with Crippen molar-refractivity contribution in [3.8, 4) is 0 Å². The second kappa shape index (κ2) is 6.26. The van der Waals surface area contributed by atoms with E-state index in [4.69, 9.17) is 9.47 Å². The number of ether oxygens (including phenoxy) is 2. The third-order valence-electron chi connectivity index (χ3n) is 1.88. The zero-order valence-electron chi connectivity index (χ0n) is 11.0. The maximum absolute atomic E-state index is 12.0. The maximum atomic E-state index is 12.0. The van der Waals surface area contributed by atoms with Crippen LogP contribution >= 0.6 is 20.7 Å².